The fourth-order valence-electron chi connectivity index (χ4n) is 3.07. The van der Waals surface area contributed by atoms with Crippen LogP contribution in [0.4, 0.5) is 10.1 Å². The fraction of sp³-hybridized carbons (Fsp3) is 0.200. The van der Waals surface area contributed by atoms with E-state index in [1.54, 1.807) is 36.8 Å². The Hall–Kier alpha value is -3.35. The van der Waals surface area contributed by atoms with Gasteiger partial charge < -0.3 is 14.2 Å². The molecular formula is C20H18FN3O3. The largest absolute Gasteiger partial charge is 0.467 e. The highest BCUT2D eigenvalue weighted by atomic mass is 19.1. The lowest BCUT2D eigenvalue weighted by molar-refractivity contribution is -0.131. The van der Waals surface area contributed by atoms with E-state index in [9.17, 15) is 9.18 Å². The van der Waals surface area contributed by atoms with E-state index in [2.05, 4.69) is 10.4 Å². The van der Waals surface area contributed by atoms with Crippen LogP contribution in [0.15, 0.2) is 68.9 Å². The number of anilines is 1. The molecule has 1 atom stereocenters. The quantitative estimate of drug-likeness (QED) is 0.737. The number of benzene rings is 1. The normalized spacial score (nSPS) is 16.4. The molecule has 27 heavy (non-hydrogen) atoms. The molecule has 0 radical (unpaired) electrons. The molecule has 0 saturated heterocycles. The van der Waals surface area contributed by atoms with Gasteiger partial charge in [-0.25, -0.2) is 9.40 Å². The maximum absolute atomic E-state index is 13.4. The van der Waals surface area contributed by atoms with Gasteiger partial charge in [0.2, 0.25) is 0 Å². The minimum absolute atomic E-state index is 0.0174. The number of hydrogen-bond donors (Lipinski definition) is 1. The monoisotopic (exact) mass is 367 g/mol. The highest BCUT2D eigenvalue weighted by Gasteiger charge is 2.35. The maximum Gasteiger partial charge on any atom is 0.262 e. The molecule has 3 aromatic rings. The molecule has 0 unspecified atom stereocenters. The van der Waals surface area contributed by atoms with Crippen molar-refractivity contribution in [2.75, 3.05) is 11.9 Å². The van der Waals surface area contributed by atoms with Crippen LogP contribution in [0.2, 0.25) is 0 Å². The lowest BCUT2D eigenvalue weighted by Crippen LogP contribution is -2.32. The summed E-state index contributed by atoms with van der Waals surface area (Å²) in [6.07, 6.45) is 3.63. The second-order valence-electron chi connectivity index (χ2n) is 6.31. The third-order valence-corrected chi connectivity index (χ3v) is 4.47. The highest BCUT2D eigenvalue weighted by molar-refractivity contribution is 6.01. The number of carbonyl (C=O) groups excluding carboxylic acids is 1. The maximum atomic E-state index is 13.4. The summed E-state index contributed by atoms with van der Waals surface area (Å²) in [5, 5.41) is 8.85. The number of rotatable bonds is 5. The Bertz CT molecular complexity index is 965. The summed E-state index contributed by atoms with van der Waals surface area (Å²) in [5.41, 5.74) is 2.11. The molecule has 0 bridgehead atoms. The fourth-order valence-corrected chi connectivity index (χ4v) is 3.07. The van der Waals surface area contributed by atoms with Crippen LogP contribution in [0.25, 0.3) is 0 Å². The van der Waals surface area contributed by atoms with Crippen molar-refractivity contribution in [3.05, 3.63) is 77.9 Å². The number of aryl methyl sites for hydroxylation is 1. The number of hydrogen-bond acceptors (Lipinski definition) is 5. The van der Waals surface area contributed by atoms with E-state index >= 15 is 0 Å². The standard InChI is InChI=1S/C20H18FN3O3/c1-13-6-7-14(21)10-15(13)22-12-20(25)24-17(19-5-3-9-27-19)11-16(23-24)18-4-2-8-26-18/h2-10,17,22H,11-12H2,1H3/t17-/m1/s1. The Morgan fingerprint density at radius 3 is 2.81 bits per heavy atom. The van der Waals surface area contributed by atoms with Gasteiger partial charge in [0.15, 0.2) is 0 Å². The van der Waals surface area contributed by atoms with Crippen molar-refractivity contribution in [1.29, 1.82) is 0 Å². The van der Waals surface area contributed by atoms with Gasteiger partial charge in [0.1, 0.15) is 29.1 Å². The Balaban J connectivity index is 1.54. The number of furan rings is 2. The molecule has 1 aromatic carbocycles. The smallest absolute Gasteiger partial charge is 0.262 e. The highest BCUT2D eigenvalue weighted by Crippen LogP contribution is 2.33. The van der Waals surface area contributed by atoms with Crippen LogP contribution in [0.3, 0.4) is 0 Å². The van der Waals surface area contributed by atoms with Gasteiger partial charge in [-0.15, -0.1) is 0 Å². The van der Waals surface area contributed by atoms with Gasteiger partial charge in [-0.1, -0.05) is 6.07 Å². The zero-order valence-electron chi connectivity index (χ0n) is 14.7. The summed E-state index contributed by atoms with van der Waals surface area (Å²) in [6, 6.07) is 11.2. The third kappa shape index (κ3) is 3.48. The lowest BCUT2D eigenvalue weighted by atomic mass is 10.1. The number of amides is 1. The zero-order chi connectivity index (χ0) is 18.8. The van der Waals surface area contributed by atoms with Crippen molar-refractivity contribution in [2.24, 2.45) is 5.10 Å². The van der Waals surface area contributed by atoms with E-state index in [0.29, 0.717) is 29.3 Å². The Labute approximate surface area is 155 Å². The van der Waals surface area contributed by atoms with E-state index < -0.39 is 0 Å². The molecule has 0 saturated carbocycles. The average molecular weight is 367 g/mol. The molecule has 7 heteroatoms. The van der Waals surface area contributed by atoms with E-state index in [0.717, 1.165) is 5.56 Å². The van der Waals surface area contributed by atoms with Gasteiger partial charge >= 0.3 is 0 Å². The molecule has 2 aromatic heterocycles. The Kier molecular flexibility index (Phi) is 4.50. The molecule has 0 spiro atoms. The van der Waals surface area contributed by atoms with Gasteiger partial charge in [-0.05, 0) is 48.9 Å². The van der Waals surface area contributed by atoms with Crippen molar-refractivity contribution in [3.63, 3.8) is 0 Å². The van der Waals surface area contributed by atoms with Crippen LogP contribution in [0.1, 0.15) is 29.5 Å². The summed E-state index contributed by atoms with van der Waals surface area (Å²) in [6.45, 7) is 1.83. The van der Waals surface area contributed by atoms with E-state index in [4.69, 9.17) is 8.83 Å². The molecule has 1 aliphatic rings. The van der Waals surface area contributed by atoms with Crippen LogP contribution in [-0.2, 0) is 4.79 Å². The Morgan fingerprint density at radius 2 is 2.07 bits per heavy atom. The van der Waals surface area contributed by atoms with Crippen LogP contribution in [-0.4, -0.2) is 23.2 Å². The number of nitrogens with one attached hydrogen (secondary N) is 1. The number of halogens is 1. The molecule has 4 rings (SSSR count). The minimum atomic E-state index is -0.358. The van der Waals surface area contributed by atoms with Gasteiger partial charge in [0.25, 0.3) is 5.91 Å². The van der Waals surface area contributed by atoms with E-state index in [1.165, 1.54) is 17.1 Å². The molecule has 1 aliphatic heterocycles. The van der Waals surface area contributed by atoms with Gasteiger partial charge in [-0.3, -0.25) is 4.79 Å². The molecule has 1 N–H and O–H groups in total. The third-order valence-electron chi connectivity index (χ3n) is 4.47. The van der Waals surface area contributed by atoms with Crippen LogP contribution in [0.5, 0.6) is 0 Å². The van der Waals surface area contributed by atoms with Gasteiger partial charge in [-0.2, -0.15) is 5.10 Å². The van der Waals surface area contributed by atoms with Crippen LogP contribution < -0.4 is 5.32 Å². The first-order chi connectivity index (χ1) is 13.1. The molecule has 1 amide bonds. The van der Waals surface area contributed by atoms with E-state index in [1.807, 2.05) is 13.0 Å². The number of hydrazone groups is 1. The second kappa shape index (κ2) is 7.11. The van der Waals surface area contributed by atoms with Crippen molar-refractivity contribution < 1.29 is 18.0 Å². The predicted molar refractivity (Wildman–Crippen MR) is 97.8 cm³/mol. The predicted octanol–water partition coefficient (Wildman–Crippen LogP) is 4.11. The summed E-state index contributed by atoms with van der Waals surface area (Å²) in [5.74, 6) is 0.663. The SMILES string of the molecule is Cc1ccc(F)cc1NCC(=O)N1N=C(c2ccco2)C[C@@H]1c1ccco1. The lowest BCUT2D eigenvalue weighted by Gasteiger charge is -2.20. The number of carbonyl (C=O) groups is 1. The van der Waals surface area contributed by atoms with E-state index in [-0.39, 0.29) is 24.3 Å². The summed E-state index contributed by atoms with van der Waals surface area (Å²) < 4.78 is 24.4. The van der Waals surface area contributed by atoms with Crippen LogP contribution >= 0.6 is 0 Å². The molecular weight excluding hydrogens is 349 g/mol. The topological polar surface area (TPSA) is 71.0 Å². The summed E-state index contributed by atoms with van der Waals surface area (Å²) in [7, 11) is 0. The number of nitrogens with zero attached hydrogens (tertiary/aromatic N) is 2. The minimum Gasteiger partial charge on any atom is -0.467 e. The molecule has 0 fully saturated rings. The Morgan fingerprint density at radius 1 is 1.26 bits per heavy atom. The summed E-state index contributed by atoms with van der Waals surface area (Å²) in [4.78, 5) is 12.8. The zero-order valence-corrected chi connectivity index (χ0v) is 14.7. The van der Waals surface area contributed by atoms with Crippen molar-refractivity contribution in [3.8, 4) is 0 Å². The average Bonchev–Trinajstić information content (AvgIpc) is 3.40. The molecule has 0 aliphatic carbocycles. The van der Waals surface area contributed by atoms with Crippen molar-refractivity contribution in [2.45, 2.75) is 19.4 Å². The molecule has 3 heterocycles. The summed E-state index contributed by atoms with van der Waals surface area (Å²) >= 11 is 0. The van der Waals surface area contributed by atoms with Crippen molar-refractivity contribution >= 4 is 17.3 Å². The second-order valence-corrected chi connectivity index (χ2v) is 6.31. The van der Waals surface area contributed by atoms with Crippen LogP contribution in [0, 0.1) is 12.7 Å². The molecule has 138 valence electrons. The molecule has 6 nitrogen and oxygen atoms in total. The van der Waals surface area contributed by atoms with Gasteiger partial charge in [0, 0.05) is 12.1 Å². The first-order valence-electron chi connectivity index (χ1n) is 8.58. The van der Waals surface area contributed by atoms with Crippen molar-refractivity contribution in [1.82, 2.24) is 5.01 Å². The van der Waals surface area contributed by atoms with Gasteiger partial charge in [0.05, 0.1) is 19.1 Å². The first kappa shape index (κ1) is 17.1. The first-order valence-corrected chi connectivity index (χ1v) is 8.58.